The summed E-state index contributed by atoms with van der Waals surface area (Å²) >= 11 is 0. The number of benzene rings is 2. The Labute approximate surface area is 182 Å². The van der Waals surface area contributed by atoms with Crippen molar-refractivity contribution in [3.8, 4) is 11.5 Å². The quantitative estimate of drug-likeness (QED) is 0.579. The smallest absolute Gasteiger partial charge is 0.247 e. The Morgan fingerprint density at radius 1 is 1.06 bits per heavy atom. The van der Waals surface area contributed by atoms with E-state index in [4.69, 9.17) is 9.15 Å². The number of aromatic nitrogens is 2. The summed E-state index contributed by atoms with van der Waals surface area (Å²) < 4.78 is 11.2. The Morgan fingerprint density at radius 2 is 1.81 bits per heavy atom. The molecular formula is C24H29N4O3+. The predicted octanol–water partition coefficient (Wildman–Crippen LogP) is 1.75. The Hall–Kier alpha value is -3.03. The number of carbonyl (C=O) groups is 1. The van der Waals surface area contributed by atoms with Gasteiger partial charge in [-0.3, -0.25) is 4.79 Å². The molecule has 2 heterocycles. The lowest BCUT2D eigenvalue weighted by Gasteiger charge is -2.28. The number of nitrogens with one attached hydrogen (secondary N) is 2. The second-order valence-electron chi connectivity index (χ2n) is 7.96. The van der Waals surface area contributed by atoms with Gasteiger partial charge in [0.2, 0.25) is 17.7 Å². The van der Waals surface area contributed by atoms with Gasteiger partial charge in [-0.25, -0.2) is 0 Å². The fourth-order valence-electron chi connectivity index (χ4n) is 3.74. The summed E-state index contributed by atoms with van der Waals surface area (Å²) in [4.78, 5) is 14.2. The van der Waals surface area contributed by atoms with E-state index in [0.717, 1.165) is 44.0 Å². The Bertz CT molecular complexity index is 966. The van der Waals surface area contributed by atoms with E-state index in [1.54, 1.807) is 0 Å². The fourth-order valence-corrected chi connectivity index (χ4v) is 3.74. The van der Waals surface area contributed by atoms with Crippen molar-refractivity contribution in [3.63, 3.8) is 0 Å². The zero-order valence-electron chi connectivity index (χ0n) is 17.8. The molecule has 0 saturated carbocycles. The summed E-state index contributed by atoms with van der Waals surface area (Å²) in [6.07, 6.45) is 0.716. The number of hydrogen-bond donors (Lipinski definition) is 2. The third-order valence-electron chi connectivity index (χ3n) is 5.56. The first-order valence-electron chi connectivity index (χ1n) is 10.8. The van der Waals surface area contributed by atoms with Gasteiger partial charge in [0.05, 0.1) is 13.2 Å². The Balaban J connectivity index is 1.35. The number of nitrogens with zero attached hydrogens (tertiary/aromatic N) is 2. The van der Waals surface area contributed by atoms with Gasteiger partial charge in [-0.2, -0.15) is 0 Å². The largest absolute Gasteiger partial charge is 0.421 e. The van der Waals surface area contributed by atoms with Crippen molar-refractivity contribution in [2.24, 2.45) is 0 Å². The average molecular weight is 422 g/mol. The summed E-state index contributed by atoms with van der Waals surface area (Å²) in [6.45, 7) is 6.34. The van der Waals surface area contributed by atoms with Gasteiger partial charge < -0.3 is 19.4 Å². The van der Waals surface area contributed by atoms with Crippen LogP contribution in [0.25, 0.3) is 11.5 Å². The molecule has 31 heavy (non-hydrogen) atoms. The molecule has 7 nitrogen and oxygen atoms in total. The molecule has 0 aliphatic carbocycles. The van der Waals surface area contributed by atoms with E-state index in [1.165, 1.54) is 10.5 Å². The first-order chi connectivity index (χ1) is 15.2. The molecule has 7 heteroatoms. The topological polar surface area (TPSA) is 81.7 Å². The van der Waals surface area contributed by atoms with E-state index >= 15 is 0 Å². The highest BCUT2D eigenvalue weighted by molar-refractivity contribution is 5.76. The molecule has 1 saturated heterocycles. The van der Waals surface area contributed by atoms with Gasteiger partial charge in [-0.15, -0.1) is 10.2 Å². The van der Waals surface area contributed by atoms with Gasteiger partial charge in [0.1, 0.15) is 25.7 Å². The fraction of sp³-hybridized carbons (Fsp3) is 0.375. The summed E-state index contributed by atoms with van der Waals surface area (Å²) in [7, 11) is 0. The standard InChI is InChI=1S/C24H28N4O3/c1-18-7-9-20(10-8-18)24-27-26-23(31-24)12-11-22(29)25-21(19-5-3-2-4-6-19)17-28-13-15-30-16-14-28/h2-10,21H,11-17H2,1H3,(H,25,29)/p+1/t21-/m0/s1. The number of amides is 1. The van der Waals surface area contributed by atoms with Crippen molar-refractivity contribution in [3.05, 3.63) is 71.6 Å². The van der Waals surface area contributed by atoms with E-state index in [1.807, 2.05) is 49.4 Å². The monoisotopic (exact) mass is 421 g/mol. The van der Waals surface area contributed by atoms with Crippen molar-refractivity contribution in [1.29, 1.82) is 0 Å². The first kappa shape index (κ1) is 21.2. The molecule has 4 rings (SSSR count). The third kappa shape index (κ3) is 5.99. The van der Waals surface area contributed by atoms with Crippen LogP contribution in [0.3, 0.4) is 0 Å². The summed E-state index contributed by atoms with van der Waals surface area (Å²) in [6, 6.07) is 18.0. The highest BCUT2D eigenvalue weighted by Gasteiger charge is 2.23. The lowest BCUT2D eigenvalue weighted by atomic mass is 10.1. The van der Waals surface area contributed by atoms with Crippen LogP contribution in [0.15, 0.2) is 59.0 Å². The molecule has 162 valence electrons. The zero-order chi connectivity index (χ0) is 21.5. The number of rotatable bonds is 8. The van der Waals surface area contributed by atoms with Crippen LogP contribution in [0.5, 0.6) is 0 Å². The number of carbonyl (C=O) groups excluding carboxylic acids is 1. The molecule has 1 aliphatic rings. The van der Waals surface area contributed by atoms with Crippen LogP contribution in [0.4, 0.5) is 0 Å². The molecule has 2 aromatic carbocycles. The maximum absolute atomic E-state index is 12.7. The summed E-state index contributed by atoms with van der Waals surface area (Å²) in [5, 5.41) is 11.4. The van der Waals surface area contributed by atoms with Crippen molar-refractivity contribution in [2.45, 2.75) is 25.8 Å². The van der Waals surface area contributed by atoms with E-state index in [0.29, 0.717) is 24.6 Å². The number of aryl methyl sites for hydroxylation is 2. The van der Waals surface area contributed by atoms with Crippen LogP contribution in [0.1, 0.15) is 29.5 Å². The van der Waals surface area contributed by atoms with Gasteiger partial charge >= 0.3 is 0 Å². The van der Waals surface area contributed by atoms with E-state index in [-0.39, 0.29) is 11.9 Å². The lowest BCUT2D eigenvalue weighted by molar-refractivity contribution is -0.909. The van der Waals surface area contributed by atoms with E-state index in [9.17, 15) is 4.79 Å². The molecule has 1 aliphatic heterocycles. The summed E-state index contributed by atoms with van der Waals surface area (Å²) in [5.41, 5.74) is 3.17. The predicted molar refractivity (Wildman–Crippen MR) is 117 cm³/mol. The minimum Gasteiger partial charge on any atom is -0.421 e. The lowest BCUT2D eigenvalue weighted by Crippen LogP contribution is -3.14. The minimum absolute atomic E-state index is 0.0170. The van der Waals surface area contributed by atoms with Crippen LogP contribution in [0.2, 0.25) is 0 Å². The normalized spacial score (nSPS) is 15.5. The van der Waals surface area contributed by atoms with Gasteiger partial charge in [0.25, 0.3) is 0 Å². The number of morpholine rings is 1. The second-order valence-corrected chi connectivity index (χ2v) is 7.96. The molecule has 0 spiro atoms. The van der Waals surface area contributed by atoms with Gasteiger partial charge in [0.15, 0.2) is 0 Å². The van der Waals surface area contributed by atoms with Crippen molar-refractivity contribution in [2.75, 3.05) is 32.8 Å². The Kier molecular flexibility index (Phi) is 7.07. The number of hydrogen-bond acceptors (Lipinski definition) is 5. The highest BCUT2D eigenvalue weighted by Crippen LogP contribution is 2.19. The molecule has 1 fully saturated rings. The van der Waals surface area contributed by atoms with Gasteiger partial charge in [-0.1, -0.05) is 48.0 Å². The molecule has 1 amide bonds. The maximum Gasteiger partial charge on any atom is 0.247 e. The molecule has 1 atom stereocenters. The Morgan fingerprint density at radius 3 is 2.55 bits per heavy atom. The number of ether oxygens (including phenoxy) is 1. The van der Waals surface area contributed by atoms with Crippen molar-refractivity contribution in [1.82, 2.24) is 15.5 Å². The zero-order valence-corrected chi connectivity index (χ0v) is 17.8. The average Bonchev–Trinajstić information content (AvgIpc) is 3.28. The molecule has 1 aromatic heterocycles. The van der Waals surface area contributed by atoms with Crippen LogP contribution >= 0.6 is 0 Å². The van der Waals surface area contributed by atoms with E-state index in [2.05, 4.69) is 27.6 Å². The molecule has 3 aromatic rings. The van der Waals surface area contributed by atoms with E-state index < -0.39 is 0 Å². The first-order valence-corrected chi connectivity index (χ1v) is 10.8. The molecule has 0 bridgehead atoms. The van der Waals surface area contributed by atoms with Crippen LogP contribution in [0, 0.1) is 6.92 Å². The molecular weight excluding hydrogens is 392 g/mol. The molecule has 2 N–H and O–H groups in total. The van der Waals surface area contributed by atoms with Crippen LogP contribution < -0.4 is 10.2 Å². The summed E-state index contributed by atoms with van der Waals surface area (Å²) in [5.74, 6) is 0.936. The second kappa shape index (κ2) is 10.3. The highest BCUT2D eigenvalue weighted by atomic mass is 16.5. The van der Waals surface area contributed by atoms with Crippen LogP contribution in [-0.2, 0) is 16.0 Å². The van der Waals surface area contributed by atoms with Crippen molar-refractivity contribution >= 4 is 5.91 Å². The number of quaternary nitrogens is 1. The van der Waals surface area contributed by atoms with Crippen LogP contribution in [-0.4, -0.2) is 49.0 Å². The molecule has 0 unspecified atom stereocenters. The maximum atomic E-state index is 12.7. The minimum atomic E-state index is -0.0346. The molecule has 0 radical (unpaired) electrons. The van der Waals surface area contributed by atoms with Crippen molar-refractivity contribution < 1.29 is 18.8 Å². The van der Waals surface area contributed by atoms with Gasteiger partial charge in [0, 0.05) is 18.4 Å². The SMILES string of the molecule is Cc1ccc(-c2nnc(CCC(=O)N[C@@H](C[NH+]3CCOCC3)c3ccccc3)o2)cc1. The van der Waals surface area contributed by atoms with Gasteiger partial charge in [-0.05, 0) is 24.6 Å². The third-order valence-corrected chi connectivity index (χ3v) is 5.56.